The predicted octanol–water partition coefficient (Wildman–Crippen LogP) is 4.53. The van der Waals surface area contributed by atoms with Gasteiger partial charge in [0.25, 0.3) is 0 Å². The summed E-state index contributed by atoms with van der Waals surface area (Å²) < 4.78 is 5.16. The van der Waals surface area contributed by atoms with Crippen LogP contribution in [-0.4, -0.2) is 40.7 Å². The number of unbranched alkanes of at least 4 members (excludes halogenated alkanes) is 7. The Kier molecular flexibility index (Phi) is 12.5. The third-order valence-electron chi connectivity index (χ3n) is 3.36. The molecule has 0 aromatic heterocycles. The summed E-state index contributed by atoms with van der Waals surface area (Å²) >= 11 is 0. The van der Waals surface area contributed by atoms with Crippen molar-refractivity contribution in [2.45, 2.75) is 58.3 Å². The van der Waals surface area contributed by atoms with E-state index >= 15 is 0 Å². The average Bonchev–Trinajstić information content (AvgIpc) is 2.46. The monoisotopic (exact) mass is 304 g/mol. The van der Waals surface area contributed by atoms with Crippen LogP contribution in [0.2, 0.25) is 0 Å². The van der Waals surface area contributed by atoms with E-state index in [1.165, 1.54) is 44.6 Å². The molecule has 116 valence electrons. The molecule has 21 heavy (non-hydrogen) atoms. The quantitative estimate of drug-likeness (QED) is 0.392. The van der Waals surface area contributed by atoms with Gasteiger partial charge in [-0.15, -0.1) is 0 Å². The first-order valence-corrected chi connectivity index (χ1v) is 7.70. The van der Waals surface area contributed by atoms with E-state index in [4.69, 9.17) is 4.74 Å². The van der Waals surface area contributed by atoms with E-state index in [0.29, 0.717) is 6.61 Å². The second-order valence-electron chi connectivity index (χ2n) is 5.13. The number of aromatic hydroxyl groups is 1. The fraction of sp³-hybridized carbons (Fsp3) is 0.588. The summed E-state index contributed by atoms with van der Waals surface area (Å²) in [5.41, 5.74) is 0.243. The third kappa shape index (κ3) is 8.99. The Bertz CT molecular complexity index is 403. The molecule has 4 heteroatoms. The van der Waals surface area contributed by atoms with E-state index in [2.05, 4.69) is 6.92 Å². The Morgan fingerprint density at radius 3 is 2.24 bits per heavy atom. The van der Waals surface area contributed by atoms with Gasteiger partial charge in [0.1, 0.15) is 11.3 Å². The molecule has 3 nitrogen and oxygen atoms in total. The zero-order chi connectivity index (χ0) is 14.6. The largest absolute Gasteiger partial charge is 2.00 e. The molecule has 0 aliphatic heterocycles. The van der Waals surface area contributed by atoms with Crippen molar-refractivity contribution in [3.05, 3.63) is 29.8 Å². The molecule has 0 atom stereocenters. The van der Waals surface area contributed by atoms with Crippen molar-refractivity contribution in [1.82, 2.24) is 0 Å². The van der Waals surface area contributed by atoms with Crippen molar-refractivity contribution in [1.29, 1.82) is 0 Å². The molecular formula is C17H28MgO3. The summed E-state index contributed by atoms with van der Waals surface area (Å²) in [6, 6.07) is 6.47. The zero-order valence-corrected chi connectivity index (χ0v) is 14.6. The molecule has 0 heterocycles. The molecule has 0 amide bonds. The molecule has 1 aromatic rings. The van der Waals surface area contributed by atoms with E-state index in [1.54, 1.807) is 18.2 Å². The van der Waals surface area contributed by atoms with Crippen LogP contribution in [0, 0.1) is 0 Å². The van der Waals surface area contributed by atoms with Crippen LogP contribution in [0.3, 0.4) is 0 Å². The van der Waals surface area contributed by atoms with Crippen LogP contribution in [-0.2, 0) is 4.74 Å². The van der Waals surface area contributed by atoms with Crippen molar-refractivity contribution < 1.29 is 17.5 Å². The molecular weight excluding hydrogens is 276 g/mol. The topological polar surface area (TPSA) is 46.5 Å². The van der Waals surface area contributed by atoms with Crippen molar-refractivity contribution in [2.24, 2.45) is 0 Å². The molecule has 0 aliphatic carbocycles. The maximum Gasteiger partial charge on any atom is 2.00 e. The number of esters is 1. The Morgan fingerprint density at radius 1 is 1.05 bits per heavy atom. The maximum absolute atomic E-state index is 11.7. The van der Waals surface area contributed by atoms with E-state index < -0.39 is 5.97 Å². The SMILES string of the molecule is CCCCCCCCCCOC(=O)c1ccccc1O.[H-].[H-].[Mg+2]. The van der Waals surface area contributed by atoms with Crippen molar-refractivity contribution in [2.75, 3.05) is 6.61 Å². The van der Waals surface area contributed by atoms with Crippen LogP contribution in [0.1, 0.15) is 71.5 Å². The van der Waals surface area contributed by atoms with Crippen LogP contribution in [0.5, 0.6) is 5.75 Å². The van der Waals surface area contributed by atoms with Gasteiger partial charge in [-0.2, -0.15) is 0 Å². The van der Waals surface area contributed by atoms with Gasteiger partial charge in [-0.25, -0.2) is 4.79 Å². The predicted molar refractivity (Wildman–Crippen MR) is 89.0 cm³/mol. The number of hydrogen-bond donors (Lipinski definition) is 1. The maximum atomic E-state index is 11.7. The van der Waals surface area contributed by atoms with Crippen LogP contribution in [0.4, 0.5) is 0 Å². The van der Waals surface area contributed by atoms with Gasteiger partial charge in [0.2, 0.25) is 0 Å². The number of carbonyl (C=O) groups is 1. The molecule has 1 rings (SSSR count). The Morgan fingerprint density at radius 2 is 1.62 bits per heavy atom. The van der Waals surface area contributed by atoms with E-state index in [9.17, 15) is 9.90 Å². The van der Waals surface area contributed by atoms with Crippen LogP contribution in [0.15, 0.2) is 24.3 Å². The van der Waals surface area contributed by atoms with Gasteiger partial charge < -0.3 is 12.7 Å². The number of rotatable bonds is 10. The summed E-state index contributed by atoms with van der Waals surface area (Å²) in [5.74, 6) is -0.459. The minimum absolute atomic E-state index is 0. The zero-order valence-electron chi connectivity index (χ0n) is 15.1. The average molecular weight is 305 g/mol. The second kappa shape index (κ2) is 13.0. The number of ether oxygens (including phenoxy) is 1. The number of hydrogen-bond acceptors (Lipinski definition) is 3. The standard InChI is InChI=1S/C17H26O3.Mg.2H/c1-2-3-4-5-6-7-8-11-14-20-17(19)15-12-9-10-13-16(15)18;;;/h9-10,12-13,18H,2-8,11,14H2,1H3;;;/q;+2;2*-1. The number of para-hydroxylation sites is 1. The molecule has 0 unspecified atom stereocenters. The number of benzene rings is 1. The third-order valence-corrected chi connectivity index (χ3v) is 3.36. The van der Waals surface area contributed by atoms with Crippen LogP contribution < -0.4 is 0 Å². The molecule has 0 spiro atoms. The van der Waals surface area contributed by atoms with Gasteiger partial charge in [0.05, 0.1) is 6.61 Å². The summed E-state index contributed by atoms with van der Waals surface area (Å²) in [5, 5.41) is 9.52. The normalized spacial score (nSPS) is 9.95. The fourth-order valence-electron chi connectivity index (χ4n) is 2.12. The summed E-state index contributed by atoms with van der Waals surface area (Å²) in [4.78, 5) is 11.7. The first kappa shape index (κ1) is 20.3. The van der Waals surface area contributed by atoms with E-state index in [-0.39, 0.29) is 37.2 Å². The summed E-state index contributed by atoms with van der Waals surface area (Å²) in [6.07, 6.45) is 9.73. The molecule has 0 radical (unpaired) electrons. The Hall–Kier alpha value is -0.744. The van der Waals surface area contributed by atoms with Gasteiger partial charge in [0, 0.05) is 0 Å². The van der Waals surface area contributed by atoms with Crippen molar-refractivity contribution in [3.8, 4) is 5.75 Å². The van der Waals surface area contributed by atoms with Crippen LogP contribution in [0.25, 0.3) is 0 Å². The minimum Gasteiger partial charge on any atom is -1.00 e. The van der Waals surface area contributed by atoms with E-state index in [0.717, 1.165) is 12.8 Å². The summed E-state index contributed by atoms with van der Waals surface area (Å²) in [7, 11) is 0. The van der Waals surface area contributed by atoms with Gasteiger partial charge in [-0.05, 0) is 18.6 Å². The number of phenols is 1. The molecule has 0 bridgehead atoms. The second-order valence-corrected chi connectivity index (χ2v) is 5.13. The fourth-order valence-corrected chi connectivity index (χ4v) is 2.12. The Labute approximate surface area is 147 Å². The first-order valence-electron chi connectivity index (χ1n) is 7.70. The molecule has 0 aliphatic rings. The number of phenolic OH excluding ortho intramolecular Hbond substituents is 1. The molecule has 0 saturated heterocycles. The smallest absolute Gasteiger partial charge is 1.00 e. The minimum atomic E-state index is -0.439. The van der Waals surface area contributed by atoms with Crippen molar-refractivity contribution >= 4 is 29.0 Å². The molecule has 0 fully saturated rings. The molecule has 1 N–H and O–H groups in total. The Balaban J connectivity index is -0.00000133. The van der Waals surface area contributed by atoms with Gasteiger partial charge >= 0.3 is 29.0 Å². The van der Waals surface area contributed by atoms with Gasteiger partial charge in [0.15, 0.2) is 0 Å². The van der Waals surface area contributed by atoms with Crippen molar-refractivity contribution in [3.63, 3.8) is 0 Å². The van der Waals surface area contributed by atoms with Crippen LogP contribution >= 0.6 is 0 Å². The first-order chi connectivity index (χ1) is 9.75. The van der Waals surface area contributed by atoms with Gasteiger partial charge in [-0.3, -0.25) is 0 Å². The molecule has 0 saturated carbocycles. The van der Waals surface area contributed by atoms with Gasteiger partial charge in [-0.1, -0.05) is 64.0 Å². The molecule has 1 aromatic carbocycles. The number of carbonyl (C=O) groups excluding carboxylic acids is 1. The summed E-state index contributed by atoms with van der Waals surface area (Å²) in [6.45, 7) is 2.65. The van der Waals surface area contributed by atoms with E-state index in [1.807, 2.05) is 0 Å².